The molecule has 1 aromatic rings. The first kappa shape index (κ1) is 12.3. The van der Waals surface area contributed by atoms with Gasteiger partial charge in [0.15, 0.2) is 11.5 Å². The largest absolute Gasteiger partial charge is 0.486 e. The van der Waals surface area contributed by atoms with Crippen molar-refractivity contribution in [2.75, 3.05) is 13.2 Å². The summed E-state index contributed by atoms with van der Waals surface area (Å²) in [6, 6.07) is 3.48. The first-order valence-electron chi connectivity index (χ1n) is 5.50. The van der Waals surface area contributed by atoms with Gasteiger partial charge < -0.3 is 14.6 Å². The highest BCUT2D eigenvalue weighted by molar-refractivity contribution is 6.32. The van der Waals surface area contributed by atoms with Crippen molar-refractivity contribution in [3.05, 3.63) is 34.4 Å². The zero-order valence-electron chi connectivity index (χ0n) is 9.87. The minimum absolute atomic E-state index is 0.471. The molecule has 92 valence electrons. The fraction of sp³-hybridized carbons (Fsp3) is 0.385. The molecule has 0 spiro atoms. The maximum absolute atomic E-state index is 9.99. The molecular weight excluding hydrogens is 240 g/mol. The Bertz CT molecular complexity index is 450. The van der Waals surface area contributed by atoms with Gasteiger partial charge in [0, 0.05) is 0 Å². The summed E-state index contributed by atoms with van der Waals surface area (Å²) in [7, 11) is 0. The van der Waals surface area contributed by atoms with Gasteiger partial charge in [-0.05, 0) is 31.5 Å². The van der Waals surface area contributed by atoms with Gasteiger partial charge in [-0.25, -0.2) is 0 Å². The molecule has 1 atom stereocenters. The van der Waals surface area contributed by atoms with Crippen molar-refractivity contribution in [2.45, 2.75) is 20.0 Å². The van der Waals surface area contributed by atoms with Crippen molar-refractivity contribution in [3.63, 3.8) is 0 Å². The zero-order valence-corrected chi connectivity index (χ0v) is 10.6. The molecule has 0 aromatic heterocycles. The molecule has 0 fully saturated rings. The molecule has 1 unspecified atom stereocenters. The quantitative estimate of drug-likeness (QED) is 0.825. The Morgan fingerprint density at radius 1 is 1.35 bits per heavy atom. The van der Waals surface area contributed by atoms with Gasteiger partial charge >= 0.3 is 0 Å². The summed E-state index contributed by atoms with van der Waals surface area (Å²) >= 11 is 6.09. The van der Waals surface area contributed by atoms with E-state index in [0.29, 0.717) is 35.3 Å². The maximum atomic E-state index is 9.99. The second kappa shape index (κ2) is 4.98. The summed E-state index contributed by atoms with van der Waals surface area (Å²) < 4.78 is 10.9. The number of benzene rings is 1. The molecule has 0 bridgehead atoms. The Morgan fingerprint density at radius 3 is 2.76 bits per heavy atom. The average Bonchev–Trinajstić information content (AvgIpc) is 2.28. The van der Waals surface area contributed by atoms with Gasteiger partial charge in [-0.15, -0.1) is 0 Å². The summed E-state index contributed by atoms with van der Waals surface area (Å²) in [4.78, 5) is 0. The fourth-order valence-electron chi connectivity index (χ4n) is 1.71. The third-order valence-electron chi connectivity index (χ3n) is 2.45. The van der Waals surface area contributed by atoms with E-state index < -0.39 is 6.10 Å². The van der Waals surface area contributed by atoms with Crippen LogP contribution >= 0.6 is 11.6 Å². The van der Waals surface area contributed by atoms with E-state index in [1.54, 1.807) is 18.2 Å². The number of hydrogen-bond donors (Lipinski definition) is 1. The Labute approximate surface area is 106 Å². The molecule has 1 aliphatic rings. The minimum atomic E-state index is -0.673. The summed E-state index contributed by atoms with van der Waals surface area (Å²) in [6.45, 7) is 4.87. The van der Waals surface area contributed by atoms with Crippen LogP contribution in [0, 0.1) is 0 Å². The van der Waals surface area contributed by atoms with Crippen molar-refractivity contribution in [1.29, 1.82) is 0 Å². The number of halogens is 1. The lowest BCUT2D eigenvalue weighted by Gasteiger charge is -2.21. The first-order chi connectivity index (χ1) is 8.08. The number of hydrogen-bond acceptors (Lipinski definition) is 3. The molecular formula is C13H15ClO3. The third-order valence-corrected chi connectivity index (χ3v) is 2.73. The van der Waals surface area contributed by atoms with Crippen LogP contribution in [-0.2, 0) is 0 Å². The summed E-state index contributed by atoms with van der Waals surface area (Å²) in [5, 5.41) is 10.5. The summed E-state index contributed by atoms with van der Waals surface area (Å²) in [5.41, 5.74) is 1.75. The minimum Gasteiger partial charge on any atom is -0.486 e. The van der Waals surface area contributed by atoms with Gasteiger partial charge in [0.2, 0.25) is 0 Å². The zero-order chi connectivity index (χ0) is 12.4. The summed E-state index contributed by atoms with van der Waals surface area (Å²) in [6.07, 6.45) is 1.09. The molecule has 4 heteroatoms. The predicted octanol–water partition coefficient (Wildman–Crippen LogP) is 3.11. The lowest BCUT2D eigenvalue weighted by atomic mass is 10.1. The molecule has 1 heterocycles. The topological polar surface area (TPSA) is 38.7 Å². The number of allylic oxidation sites excluding steroid dienone is 1. The van der Waals surface area contributed by atoms with E-state index in [4.69, 9.17) is 21.1 Å². The van der Waals surface area contributed by atoms with Gasteiger partial charge in [-0.3, -0.25) is 0 Å². The fourth-order valence-corrected chi connectivity index (χ4v) is 1.99. The van der Waals surface area contributed by atoms with Crippen LogP contribution in [0.15, 0.2) is 23.8 Å². The van der Waals surface area contributed by atoms with Crippen LogP contribution in [0.4, 0.5) is 0 Å². The maximum Gasteiger partial charge on any atom is 0.179 e. The molecule has 0 saturated carbocycles. The second-order valence-electron chi connectivity index (χ2n) is 4.22. The molecule has 3 nitrogen and oxygen atoms in total. The third kappa shape index (κ3) is 2.73. The molecule has 0 aliphatic carbocycles. The SMILES string of the molecule is CC(C)=CC(O)c1cc(Cl)c2c(c1)OCCO2. The van der Waals surface area contributed by atoms with Crippen LogP contribution in [0.3, 0.4) is 0 Å². The highest BCUT2D eigenvalue weighted by atomic mass is 35.5. The molecule has 1 aliphatic heterocycles. The average molecular weight is 255 g/mol. The van der Waals surface area contributed by atoms with Gasteiger partial charge in [0.25, 0.3) is 0 Å². The Morgan fingerprint density at radius 2 is 2.06 bits per heavy atom. The smallest absolute Gasteiger partial charge is 0.179 e. The van der Waals surface area contributed by atoms with E-state index in [9.17, 15) is 5.11 Å². The van der Waals surface area contributed by atoms with Crippen LogP contribution in [0.1, 0.15) is 25.5 Å². The second-order valence-corrected chi connectivity index (χ2v) is 4.62. The van der Waals surface area contributed by atoms with Gasteiger partial charge in [-0.2, -0.15) is 0 Å². The van der Waals surface area contributed by atoms with E-state index in [-0.39, 0.29) is 0 Å². The van der Waals surface area contributed by atoms with Crippen LogP contribution in [0.5, 0.6) is 11.5 Å². The number of aliphatic hydroxyl groups excluding tert-OH is 1. The van der Waals surface area contributed by atoms with Crippen LogP contribution < -0.4 is 9.47 Å². The standard InChI is InChI=1S/C13H15ClO3/c1-8(2)5-11(15)9-6-10(14)13-12(7-9)16-3-4-17-13/h5-7,11,15H,3-4H2,1-2H3. The number of fused-ring (bicyclic) bond motifs is 1. The van der Waals surface area contributed by atoms with Crippen molar-refractivity contribution >= 4 is 11.6 Å². The summed E-state index contributed by atoms with van der Waals surface area (Å²) in [5.74, 6) is 1.16. The highest BCUT2D eigenvalue weighted by Gasteiger charge is 2.18. The van der Waals surface area contributed by atoms with E-state index >= 15 is 0 Å². The number of ether oxygens (including phenoxy) is 2. The van der Waals surface area contributed by atoms with Crippen molar-refractivity contribution in [3.8, 4) is 11.5 Å². The lowest BCUT2D eigenvalue weighted by Crippen LogP contribution is -2.16. The van der Waals surface area contributed by atoms with Gasteiger partial charge in [0.05, 0.1) is 11.1 Å². The Kier molecular flexibility index (Phi) is 3.60. The first-order valence-corrected chi connectivity index (χ1v) is 5.88. The van der Waals surface area contributed by atoms with Gasteiger partial charge in [0.1, 0.15) is 13.2 Å². The molecule has 0 amide bonds. The van der Waals surface area contributed by atoms with E-state index in [2.05, 4.69) is 0 Å². The predicted molar refractivity (Wildman–Crippen MR) is 66.8 cm³/mol. The molecule has 17 heavy (non-hydrogen) atoms. The lowest BCUT2D eigenvalue weighted by molar-refractivity contribution is 0.170. The van der Waals surface area contributed by atoms with E-state index in [1.165, 1.54) is 0 Å². The van der Waals surface area contributed by atoms with Crippen molar-refractivity contribution < 1.29 is 14.6 Å². The molecule has 1 aromatic carbocycles. The van der Waals surface area contributed by atoms with Crippen LogP contribution in [0.25, 0.3) is 0 Å². The normalized spacial score (nSPS) is 15.3. The van der Waals surface area contributed by atoms with Crippen molar-refractivity contribution in [1.82, 2.24) is 0 Å². The number of aliphatic hydroxyl groups is 1. The number of rotatable bonds is 2. The molecule has 1 N–H and O–H groups in total. The van der Waals surface area contributed by atoms with Crippen LogP contribution in [-0.4, -0.2) is 18.3 Å². The van der Waals surface area contributed by atoms with E-state index in [1.807, 2.05) is 13.8 Å². The van der Waals surface area contributed by atoms with Crippen LogP contribution in [0.2, 0.25) is 5.02 Å². The molecule has 0 saturated heterocycles. The van der Waals surface area contributed by atoms with Gasteiger partial charge in [-0.1, -0.05) is 23.3 Å². The highest BCUT2D eigenvalue weighted by Crippen LogP contribution is 2.39. The van der Waals surface area contributed by atoms with Crippen molar-refractivity contribution in [2.24, 2.45) is 0 Å². The Balaban J connectivity index is 2.37. The monoisotopic (exact) mass is 254 g/mol. The Hall–Kier alpha value is -1.19. The molecule has 0 radical (unpaired) electrons. The molecule has 2 rings (SSSR count). The van der Waals surface area contributed by atoms with E-state index in [0.717, 1.165) is 5.57 Å².